The van der Waals surface area contributed by atoms with Crippen molar-refractivity contribution in [3.05, 3.63) is 42.1 Å². The highest BCUT2D eigenvalue weighted by molar-refractivity contribution is 5.78. The molecule has 0 saturated heterocycles. The van der Waals surface area contributed by atoms with Gasteiger partial charge in [-0.1, -0.05) is 50.5 Å². The first kappa shape index (κ1) is 14.5. The van der Waals surface area contributed by atoms with Gasteiger partial charge in [-0.25, -0.2) is 0 Å². The van der Waals surface area contributed by atoms with Crippen molar-refractivity contribution >= 4 is 10.9 Å². The van der Waals surface area contributed by atoms with Gasteiger partial charge in [-0.2, -0.15) is 0 Å². The number of rotatable bonds is 4. The Morgan fingerprint density at radius 2 is 1.86 bits per heavy atom. The van der Waals surface area contributed by atoms with Crippen LogP contribution in [0.25, 0.3) is 10.9 Å². The molecule has 1 aromatic heterocycles. The fourth-order valence-corrected chi connectivity index (χ4v) is 3.81. The summed E-state index contributed by atoms with van der Waals surface area (Å²) >= 11 is 0. The first-order valence-electron chi connectivity index (χ1n) is 8.34. The highest BCUT2D eigenvalue weighted by Gasteiger charge is 2.27. The second kappa shape index (κ2) is 6.57. The van der Waals surface area contributed by atoms with Crippen LogP contribution in [0.2, 0.25) is 0 Å². The van der Waals surface area contributed by atoms with E-state index in [2.05, 4.69) is 55.7 Å². The molecule has 1 aliphatic rings. The Labute approximate surface area is 128 Å². The molecule has 2 nitrogen and oxygen atoms in total. The van der Waals surface area contributed by atoms with Gasteiger partial charge in [0.15, 0.2) is 0 Å². The fourth-order valence-electron chi connectivity index (χ4n) is 3.81. The van der Waals surface area contributed by atoms with Crippen molar-refractivity contribution in [2.75, 3.05) is 7.05 Å². The molecule has 0 radical (unpaired) electrons. The molecule has 2 heteroatoms. The van der Waals surface area contributed by atoms with Crippen LogP contribution in [0.1, 0.15) is 50.8 Å². The van der Waals surface area contributed by atoms with Gasteiger partial charge in [-0.05, 0) is 43.9 Å². The van der Waals surface area contributed by atoms with Gasteiger partial charge >= 0.3 is 0 Å². The van der Waals surface area contributed by atoms with Gasteiger partial charge < -0.3 is 5.32 Å². The summed E-state index contributed by atoms with van der Waals surface area (Å²) in [5, 5.41) is 4.75. The molecule has 0 amide bonds. The van der Waals surface area contributed by atoms with Gasteiger partial charge in [0.2, 0.25) is 0 Å². The second-order valence-corrected chi connectivity index (χ2v) is 6.38. The topological polar surface area (TPSA) is 24.9 Å². The molecule has 1 atom stereocenters. The molecular weight excluding hydrogens is 256 g/mol. The molecule has 3 rings (SSSR count). The Morgan fingerprint density at radius 3 is 2.57 bits per heavy atom. The minimum atomic E-state index is 0.396. The number of benzene rings is 1. The number of hydrogen-bond acceptors (Lipinski definition) is 2. The van der Waals surface area contributed by atoms with E-state index < -0.39 is 0 Å². The third-order valence-electron chi connectivity index (χ3n) is 5.19. The van der Waals surface area contributed by atoms with Gasteiger partial charge in [-0.3, -0.25) is 4.98 Å². The van der Waals surface area contributed by atoms with Crippen LogP contribution in [-0.2, 0) is 0 Å². The van der Waals surface area contributed by atoms with E-state index in [0.29, 0.717) is 6.04 Å². The molecule has 1 heterocycles. The van der Waals surface area contributed by atoms with Crippen LogP contribution in [0.4, 0.5) is 0 Å². The minimum absolute atomic E-state index is 0.396. The van der Waals surface area contributed by atoms with E-state index >= 15 is 0 Å². The number of pyridine rings is 1. The van der Waals surface area contributed by atoms with Crippen LogP contribution in [-0.4, -0.2) is 12.0 Å². The fraction of sp³-hybridized carbons (Fsp3) is 0.526. The predicted octanol–water partition coefficient (Wildman–Crippen LogP) is 4.71. The average molecular weight is 282 g/mol. The van der Waals surface area contributed by atoms with E-state index in [0.717, 1.165) is 17.4 Å². The van der Waals surface area contributed by atoms with E-state index in [4.69, 9.17) is 4.98 Å². The van der Waals surface area contributed by atoms with Crippen LogP contribution in [0.3, 0.4) is 0 Å². The molecule has 1 saturated carbocycles. The van der Waals surface area contributed by atoms with Crippen molar-refractivity contribution in [1.82, 2.24) is 10.3 Å². The number of fused-ring (bicyclic) bond motifs is 1. The lowest BCUT2D eigenvalue weighted by molar-refractivity contribution is 0.222. The second-order valence-electron chi connectivity index (χ2n) is 6.38. The van der Waals surface area contributed by atoms with E-state index in [-0.39, 0.29) is 0 Å². The van der Waals surface area contributed by atoms with E-state index in [1.165, 1.54) is 43.2 Å². The lowest BCUT2D eigenvalue weighted by Gasteiger charge is -2.33. The number of aromatic nitrogens is 1. The van der Waals surface area contributed by atoms with E-state index in [1.54, 1.807) is 0 Å². The highest BCUT2D eigenvalue weighted by Crippen LogP contribution is 2.37. The summed E-state index contributed by atoms with van der Waals surface area (Å²) in [5.74, 6) is 1.68. The van der Waals surface area contributed by atoms with Gasteiger partial charge in [0, 0.05) is 5.39 Å². The maximum absolute atomic E-state index is 4.90. The Bertz CT molecular complexity index is 585. The van der Waals surface area contributed by atoms with Crippen molar-refractivity contribution in [2.24, 2.45) is 11.8 Å². The summed E-state index contributed by atoms with van der Waals surface area (Å²) in [6.07, 6.45) is 6.77. The van der Waals surface area contributed by atoms with E-state index in [9.17, 15) is 0 Å². The average Bonchev–Trinajstić information content (AvgIpc) is 2.56. The van der Waals surface area contributed by atoms with Gasteiger partial charge in [-0.15, -0.1) is 0 Å². The summed E-state index contributed by atoms with van der Waals surface area (Å²) in [6, 6.07) is 13.2. The molecule has 0 bridgehead atoms. The summed E-state index contributed by atoms with van der Waals surface area (Å²) in [6.45, 7) is 2.32. The Balaban J connectivity index is 1.81. The molecule has 0 spiro atoms. The van der Waals surface area contributed by atoms with Crippen LogP contribution in [0.15, 0.2) is 36.4 Å². The molecule has 1 fully saturated rings. The maximum Gasteiger partial charge on any atom is 0.0706 e. The van der Waals surface area contributed by atoms with Crippen molar-refractivity contribution in [3.8, 4) is 0 Å². The number of para-hydroxylation sites is 1. The molecule has 21 heavy (non-hydrogen) atoms. The van der Waals surface area contributed by atoms with Crippen LogP contribution in [0.5, 0.6) is 0 Å². The minimum Gasteiger partial charge on any atom is -0.311 e. The highest BCUT2D eigenvalue weighted by atomic mass is 14.9. The molecule has 112 valence electrons. The standard InChI is InChI=1S/C19H26N2/c1-3-14-8-10-16(11-9-14)19(20-2)18-13-12-15-6-4-5-7-17(15)21-18/h4-7,12-14,16,19-20H,3,8-11H2,1-2H3. The number of nitrogens with zero attached hydrogens (tertiary/aromatic N) is 1. The zero-order valence-corrected chi connectivity index (χ0v) is 13.2. The Kier molecular flexibility index (Phi) is 4.54. The third-order valence-corrected chi connectivity index (χ3v) is 5.19. The quantitative estimate of drug-likeness (QED) is 0.878. The summed E-state index contributed by atoms with van der Waals surface area (Å²) < 4.78 is 0. The lowest BCUT2D eigenvalue weighted by Crippen LogP contribution is -2.29. The number of nitrogens with one attached hydrogen (secondary N) is 1. The maximum atomic E-state index is 4.90. The normalized spacial score (nSPS) is 24.1. The van der Waals surface area contributed by atoms with E-state index in [1.807, 2.05) is 0 Å². The zero-order valence-electron chi connectivity index (χ0n) is 13.2. The molecule has 1 aromatic carbocycles. The van der Waals surface area contributed by atoms with Gasteiger partial charge in [0.1, 0.15) is 0 Å². The third kappa shape index (κ3) is 3.11. The smallest absolute Gasteiger partial charge is 0.0706 e. The van der Waals surface area contributed by atoms with Crippen LogP contribution in [0, 0.1) is 11.8 Å². The molecule has 2 aromatic rings. The van der Waals surface area contributed by atoms with Crippen molar-refractivity contribution in [2.45, 2.75) is 45.1 Å². The first-order valence-corrected chi connectivity index (χ1v) is 8.34. The first-order chi connectivity index (χ1) is 10.3. The SMILES string of the molecule is CCC1CCC(C(NC)c2ccc3ccccc3n2)CC1. The van der Waals surface area contributed by atoms with Crippen molar-refractivity contribution in [3.63, 3.8) is 0 Å². The Hall–Kier alpha value is -1.41. The lowest BCUT2D eigenvalue weighted by atomic mass is 9.77. The van der Waals surface area contributed by atoms with Crippen molar-refractivity contribution < 1.29 is 0 Å². The van der Waals surface area contributed by atoms with Crippen molar-refractivity contribution in [1.29, 1.82) is 0 Å². The zero-order chi connectivity index (χ0) is 14.7. The van der Waals surface area contributed by atoms with Crippen LogP contribution >= 0.6 is 0 Å². The largest absolute Gasteiger partial charge is 0.311 e. The summed E-state index contributed by atoms with van der Waals surface area (Å²) in [5.41, 5.74) is 2.31. The Morgan fingerprint density at radius 1 is 1.10 bits per heavy atom. The monoisotopic (exact) mass is 282 g/mol. The number of hydrogen-bond donors (Lipinski definition) is 1. The molecular formula is C19H26N2. The molecule has 1 N–H and O–H groups in total. The summed E-state index contributed by atoms with van der Waals surface area (Å²) in [7, 11) is 2.08. The summed E-state index contributed by atoms with van der Waals surface area (Å²) in [4.78, 5) is 4.90. The van der Waals surface area contributed by atoms with Gasteiger partial charge in [0.05, 0.1) is 17.3 Å². The molecule has 1 aliphatic carbocycles. The predicted molar refractivity (Wildman–Crippen MR) is 89.3 cm³/mol. The molecule has 1 unspecified atom stereocenters. The van der Waals surface area contributed by atoms with Crippen LogP contribution < -0.4 is 5.32 Å². The molecule has 0 aliphatic heterocycles. The van der Waals surface area contributed by atoms with Gasteiger partial charge in [0.25, 0.3) is 0 Å².